The normalized spacial score (nSPS) is 13.1. The summed E-state index contributed by atoms with van der Waals surface area (Å²) < 4.78 is 34.8. The SMILES string of the molecule is CCCCCC(/C=C\COC(=N)C(Cl)(Cl)Cl)OC(=O)NS(=O)(=O)c1ccc(C)cc1. The molecule has 0 fully saturated rings. The van der Waals surface area contributed by atoms with Crippen molar-refractivity contribution >= 4 is 56.8 Å². The van der Waals surface area contributed by atoms with Gasteiger partial charge in [0.05, 0.1) is 4.90 Å². The minimum Gasteiger partial charge on any atom is -0.474 e. The summed E-state index contributed by atoms with van der Waals surface area (Å²) in [5.74, 6) is -0.539. The van der Waals surface area contributed by atoms with Crippen LogP contribution in [0.4, 0.5) is 4.79 Å². The molecule has 30 heavy (non-hydrogen) atoms. The van der Waals surface area contributed by atoms with Gasteiger partial charge in [0, 0.05) is 0 Å². The maximum Gasteiger partial charge on any atom is 0.421 e. The van der Waals surface area contributed by atoms with Gasteiger partial charge in [0.1, 0.15) is 12.7 Å². The average molecular weight is 500 g/mol. The summed E-state index contributed by atoms with van der Waals surface area (Å²) in [5.41, 5.74) is 0.891. The Morgan fingerprint density at radius 3 is 2.43 bits per heavy atom. The Labute approximate surface area is 192 Å². The van der Waals surface area contributed by atoms with Gasteiger partial charge in [-0.15, -0.1) is 0 Å². The second kappa shape index (κ2) is 12.4. The lowest BCUT2D eigenvalue weighted by Crippen LogP contribution is -2.33. The van der Waals surface area contributed by atoms with E-state index in [2.05, 4.69) is 0 Å². The number of amides is 1. The molecule has 0 saturated carbocycles. The summed E-state index contributed by atoms with van der Waals surface area (Å²) in [6.45, 7) is 3.77. The zero-order chi connectivity index (χ0) is 22.8. The highest BCUT2D eigenvalue weighted by Crippen LogP contribution is 2.27. The largest absolute Gasteiger partial charge is 0.474 e. The number of aryl methyl sites for hydroxylation is 1. The molecule has 1 aromatic rings. The van der Waals surface area contributed by atoms with Gasteiger partial charge >= 0.3 is 6.09 Å². The van der Waals surface area contributed by atoms with Crippen molar-refractivity contribution in [3.05, 3.63) is 42.0 Å². The smallest absolute Gasteiger partial charge is 0.421 e. The van der Waals surface area contributed by atoms with Gasteiger partial charge in [0.2, 0.25) is 5.90 Å². The number of ether oxygens (including phenoxy) is 2. The summed E-state index contributed by atoms with van der Waals surface area (Å²) in [6.07, 6.45) is 4.42. The maximum absolute atomic E-state index is 12.3. The number of carbonyl (C=O) groups excluding carboxylic acids is 1. The van der Waals surface area contributed by atoms with Crippen LogP contribution in [0.3, 0.4) is 0 Å². The van der Waals surface area contributed by atoms with Crippen LogP contribution >= 0.6 is 34.8 Å². The Morgan fingerprint density at radius 2 is 1.87 bits per heavy atom. The van der Waals surface area contributed by atoms with Crippen molar-refractivity contribution in [3.63, 3.8) is 0 Å². The van der Waals surface area contributed by atoms with Gasteiger partial charge in [-0.2, -0.15) is 0 Å². The van der Waals surface area contributed by atoms with Crippen LogP contribution in [0.1, 0.15) is 38.2 Å². The molecule has 0 saturated heterocycles. The van der Waals surface area contributed by atoms with E-state index in [4.69, 9.17) is 49.7 Å². The number of unbranched alkanes of at least 4 members (excludes halogenated alkanes) is 2. The van der Waals surface area contributed by atoms with Gasteiger partial charge in [0.15, 0.2) is 0 Å². The van der Waals surface area contributed by atoms with Crippen LogP contribution in [0.25, 0.3) is 0 Å². The van der Waals surface area contributed by atoms with Gasteiger partial charge in [0.25, 0.3) is 13.8 Å². The van der Waals surface area contributed by atoms with E-state index in [0.717, 1.165) is 24.8 Å². The Kier molecular flexibility index (Phi) is 11.0. The number of carbonyl (C=O) groups is 1. The zero-order valence-corrected chi connectivity index (χ0v) is 19.7. The van der Waals surface area contributed by atoms with Crippen molar-refractivity contribution in [1.82, 2.24) is 4.72 Å². The summed E-state index contributed by atoms with van der Waals surface area (Å²) in [5, 5.41) is 7.45. The number of hydrogen-bond donors (Lipinski definition) is 2. The van der Waals surface area contributed by atoms with E-state index in [1.165, 1.54) is 18.2 Å². The first-order valence-corrected chi connectivity index (χ1v) is 11.8. The molecule has 0 aliphatic carbocycles. The molecule has 0 aliphatic rings. The predicted octanol–water partition coefficient (Wildman–Crippen LogP) is 5.28. The highest BCUT2D eigenvalue weighted by Gasteiger charge is 2.28. The molecule has 1 unspecified atom stereocenters. The molecule has 1 aromatic carbocycles. The number of hydrogen-bond acceptors (Lipinski definition) is 6. The summed E-state index contributed by atoms with van der Waals surface area (Å²) in [6, 6.07) is 6.07. The van der Waals surface area contributed by atoms with Gasteiger partial charge in [-0.3, -0.25) is 5.41 Å². The number of halogens is 3. The fraction of sp³-hybridized carbons (Fsp3) is 0.474. The number of nitrogens with one attached hydrogen (secondary N) is 2. The van der Waals surface area contributed by atoms with Crippen LogP contribution in [0.5, 0.6) is 0 Å². The Bertz CT molecular complexity index is 837. The van der Waals surface area contributed by atoms with Gasteiger partial charge in [-0.25, -0.2) is 17.9 Å². The first-order chi connectivity index (χ1) is 14.0. The van der Waals surface area contributed by atoms with Crippen molar-refractivity contribution in [2.45, 2.75) is 54.3 Å². The number of rotatable bonds is 10. The lowest BCUT2D eigenvalue weighted by Gasteiger charge is -2.16. The molecule has 7 nitrogen and oxygen atoms in total. The molecule has 11 heteroatoms. The standard InChI is InChI=1S/C19H25Cl3N2O5S/c1-3-4-5-7-15(8-6-13-28-17(23)19(20,21)22)29-18(25)24-30(26,27)16-11-9-14(2)10-12-16/h6,8-12,15,23H,3-5,7,13H2,1-2H3,(H,24,25)/b8-6-,23-17?. The highest BCUT2D eigenvalue weighted by atomic mass is 35.6. The quantitative estimate of drug-likeness (QED) is 0.150. The Morgan fingerprint density at radius 1 is 1.23 bits per heavy atom. The third kappa shape index (κ3) is 10.0. The highest BCUT2D eigenvalue weighted by molar-refractivity contribution is 7.90. The average Bonchev–Trinajstić information content (AvgIpc) is 2.64. The molecule has 0 heterocycles. The van der Waals surface area contributed by atoms with E-state index >= 15 is 0 Å². The zero-order valence-electron chi connectivity index (χ0n) is 16.7. The van der Waals surface area contributed by atoms with Crippen LogP contribution in [0, 0.1) is 12.3 Å². The fourth-order valence-electron chi connectivity index (χ4n) is 2.26. The Hall–Kier alpha value is -1.48. The molecular formula is C19H25Cl3N2O5S. The molecule has 1 atom stereocenters. The van der Waals surface area contributed by atoms with Crippen LogP contribution in [-0.4, -0.2) is 36.9 Å². The van der Waals surface area contributed by atoms with Crippen molar-refractivity contribution in [1.29, 1.82) is 5.41 Å². The molecule has 0 radical (unpaired) electrons. The van der Waals surface area contributed by atoms with Gasteiger partial charge < -0.3 is 9.47 Å². The number of alkyl halides is 3. The molecule has 0 spiro atoms. The van der Waals surface area contributed by atoms with E-state index in [0.29, 0.717) is 6.42 Å². The summed E-state index contributed by atoms with van der Waals surface area (Å²) in [4.78, 5) is 12.1. The summed E-state index contributed by atoms with van der Waals surface area (Å²) >= 11 is 16.6. The third-order valence-corrected chi connectivity index (χ3v) is 5.67. The topological polar surface area (TPSA) is 106 Å². The fourth-order valence-corrected chi connectivity index (χ4v) is 3.30. The van der Waals surface area contributed by atoms with Crippen LogP contribution < -0.4 is 4.72 Å². The van der Waals surface area contributed by atoms with Crippen LogP contribution in [-0.2, 0) is 19.5 Å². The number of sulfonamides is 1. The second-order valence-corrected chi connectivity index (χ2v) is 10.4. The molecule has 0 bridgehead atoms. The van der Waals surface area contributed by atoms with E-state index < -0.39 is 31.9 Å². The molecule has 0 aliphatic heterocycles. The van der Waals surface area contributed by atoms with Crippen LogP contribution in [0.15, 0.2) is 41.3 Å². The lowest BCUT2D eigenvalue weighted by molar-refractivity contribution is 0.119. The van der Waals surface area contributed by atoms with Crippen molar-refractivity contribution in [2.75, 3.05) is 6.61 Å². The van der Waals surface area contributed by atoms with Crippen molar-refractivity contribution < 1.29 is 22.7 Å². The molecule has 2 N–H and O–H groups in total. The van der Waals surface area contributed by atoms with E-state index in [1.807, 2.05) is 18.6 Å². The monoisotopic (exact) mass is 498 g/mol. The van der Waals surface area contributed by atoms with Gasteiger partial charge in [-0.1, -0.05) is 72.3 Å². The first-order valence-electron chi connectivity index (χ1n) is 9.21. The lowest BCUT2D eigenvalue weighted by atomic mass is 10.1. The van der Waals surface area contributed by atoms with E-state index in [1.54, 1.807) is 18.2 Å². The second-order valence-electron chi connectivity index (χ2n) is 6.42. The van der Waals surface area contributed by atoms with E-state index in [9.17, 15) is 13.2 Å². The number of benzene rings is 1. The third-order valence-electron chi connectivity index (χ3n) is 3.83. The van der Waals surface area contributed by atoms with Gasteiger partial charge in [-0.05, 0) is 44.1 Å². The predicted molar refractivity (Wildman–Crippen MR) is 119 cm³/mol. The maximum atomic E-state index is 12.3. The minimum atomic E-state index is -4.05. The van der Waals surface area contributed by atoms with Crippen molar-refractivity contribution in [2.24, 2.45) is 0 Å². The molecule has 0 aromatic heterocycles. The molecule has 168 valence electrons. The van der Waals surface area contributed by atoms with Crippen LogP contribution in [0.2, 0.25) is 0 Å². The van der Waals surface area contributed by atoms with Crippen molar-refractivity contribution in [3.8, 4) is 0 Å². The summed E-state index contributed by atoms with van der Waals surface area (Å²) in [7, 11) is -4.05. The first kappa shape index (κ1) is 26.6. The molecule has 1 rings (SSSR count). The molecular weight excluding hydrogens is 475 g/mol. The Balaban J connectivity index is 2.71. The van der Waals surface area contributed by atoms with E-state index in [-0.39, 0.29) is 11.5 Å². The minimum absolute atomic E-state index is 0.0401. The molecule has 1 amide bonds.